The Morgan fingerprint density at radius 2 is 1.31 bits per heavy atom. The van der Waals surface area contributed by atoms with Gasteiger partial charge in [0.05, 0.1) is 22.9 Å². The minimum Gasteiger partial charge on any atom is -0.299 e. The number of hydrogen-bond acceptors (Lipinski definition) is 1. The summed E-state index contributed by atoms with van der Waals surface area (Å²) in [6.07, 6.45) is 13.9. The summed E-state index contributed by atoms with van der Waals surface area (Å²) in [5.74, 6) is 0.167. The normalized spacial score (nSPS) is 10.4. The molecule has 0 atom stereocenters. The summed E-state index contributed by atoms with van der Waals surface area (Å²) >= 11 is 1.90. The Morgan fingerprint density at radius 1 is 0.875 bits per heavy atom. The maximum absolute atomic E-state index is 10.9. The van der Waals surface area contributed by atoms with Gasteiger partial charge in [0.15, 0.2) is 0 Å². The highest BCUT2D eigenvalue weighted by Crippen LogP contribution is 2.11. The maximum atomic E-state index is 10.9. The molecular weight excluding hydrogens is 313 g/mol. The predicted molar refractivity (Wildman–Crippen MR) is 78.6 cm³/mol. The van der Waals surface area contributed by atoms with Crippen LogP contribution in [0.25, 0.3) is 0 Å². The fourth-order valence-corrected chi connectivity index (χ4v) is 2.09. The summed E-state index contributed by atoms with van der Waals surface area (Å²) in [5, 5.41) is 0. The van der Waals surface area contributed by atoms with Gasteiger partial charge in [-0.1, -0.05) is 64.7 Å². The van der Waals surface area contributed by atoms with E-state index in [0.717, 1.165) is 6.42 Å². The molecule has 0 saturated heterocycles. The number of halogens is 1. The molecule has 0 aliphatic rings. The third-order valence-electron chi connectivity index (χ3n) is 2.86. The number of carbonyl (C=O) groups excluding carboxylic acids is 1. The molecule has 16 heavy (non-hydrogen) atoms. The van der Waals surface area contributed by atoms with E-state index in [4.69, 9.17) is 0 Å². The van der Waals surface area contributed by atoms with Gasteiger partial charge in [0, 0.05) is 6.42 Å². The first kappa shape index (κ1) is 16.2. The molecule has 0 radical (unpaired) electrons. The number of nitrogens with one attached hydrogen (secondary N) is 1. The molecule has 0 bridgehead atoms. The van der Waals surface area contributed by atoms with Gasteiger partial charge in [-0.05, 0) is 6.42 Å². The molecule has 0 aromatic carbocycles. The Morgan fingerprint density at radius 3 is 1.75 bits per heavy atom. The Balaban J connectivity index is 2.96. The summed E-state index contributed by atoms with van der Waals surface area (Å²) in [7, 11) is 0. The van der Waals surface area contributed by atoms with E-state index in [-0.39, 0.29) is 5.91 Å². The molecule has 0 aromatic rings. The molecule has 2 nitrogen and oxygen atoms in total. The van der Waals surface area contributed by atoms with Crippen LogP contribution in [0.1, 0.15) is 77.6 Å². The predicted octanol–water partition coefficient (Wildman–Crippen LogP) is 4.76. The third kappa shape index (κ3) is 12.3. The molecule has 0 spiro atoms. The van der Waals surface area contributed by atoms with Crippen LogP contribution in [0.3, 0.4) is 0 Å². The van der Waals surface area contributed by atoms with Crippen LogP contribution in [-0.2, 0) is 4.79 Å². The van der Waals surface area contributed by atoms with Crippen molar-refractivity contribution in [1.29, 1.82) is 0 Å². The number of unbranched alkanes of at least 4 members (excludes halogenated alkanes) is 9. The maximum Gasteiger partial charge on any atom is 0.228 e. The fraction of sp³-hybridized carbons (Fsp3) is 0.923. The van der Waals surface area contributed by atoms with Crippen molar-refractivity contribution in [2.75, 3.05) is 0 Å². The molecule has 0 saturated carbocycles. The van der Waals surface area contributed by atoms with Crippen LogP contribution in [0, 0.1) is 0 Å². The van der Waals surface area contributed by atoms with Crippen LogP contribution in [0.5, 0.6) is 0 Å². The Hall–Kier alpha value is 0.200. The van der Waals surface area contributed by atoms with E-state index < -0.39 is 0 Å². The largest absolute Gasteiger partial charge is 0.299 e. The standard InChI is InChI=1S/C13H26INO/c1-2-3-4-5-6-7-8-9-10-11-12-13(16)15-14/h2-12H2,1H3,(H,15,16). The van der Waals surface area contributed by atoms with Gasteiger partial charge in [0.25, 0.3) is 0 Å². The fourth-order valence-electron chi connectivity index (χ4n) is 1.82. The first-order valence-corrected chi connectivity index (χ1v) is 7.78. The van der Waals surface area contributed by atoms with Crippen molar-refractivity contribution in [3.63, 3.8) is 0 Å². The highest BCUT2D eigenvalue weighted by Gasteiger charge is 1.97. The van der Waals surface area contributed by atoms with Gasteiger partial charge in [-0.2, -0.15) is 0 Å². The van der Waals surface area contributed by atoms with Gasteiger partial charge >= 0.3 is 0 Å². The van der Waals surface area contributed by atoms with Crippen molar-refractivity contribution >= 4 is 28.8 Å². The van der Waals surface area contributed by atoms with E-state index >= 15 is 0 Å². The van der Waals surface area contributed by atoms with E-state index in [2.05, 4.69) is 10.5 Å². The van der Waals surface area contributed by atoms with Crippen molar-refractivity contribution in [1.82, 2.24) is 3.53 Å². The summed E-state index contributed by atoms with van der Waals surface area (Å²) in [6, 6.07) is 0. The molecule has 0 fully saturated rings. The second-order valence-electron chi connectivity index (χ2n) is 4.45. The zero-order valence-corrected chi connectivity index (χ0v) is 12.7. The molecule has 0 aromatic heterocycles. The lowest BCUT2D eigenvalue weighted by molar-refractivity contribution is -0.118. The van der Waals surface area contributed by atoms with E-state index in [0.29, 0.717) is 6.42 Å². The summed E-state index contributed by atoms with van der Waals surface area (Å²) in [5.41, 5.74) is 0. The number of rotatable bonds is 11. The second-order valence-corrected chi connectivity index (χ2v) is 4.99. The summed E-state index contributed by atoms with van der Waals surface area (Å²) in [6.45, 7) is 2.26. The Bertz CT molecular complexity index is 162. The molecule has 1 amide bonds. The van der Waals surface area contributed by atoms with E-state index in [1.54, 1.807) is 0 Å². The van der Waals surface area contributed by atoms with E-state index in [1.807, 2.05) is 22.9 Å². The quantitative estimate of drug-likeness (QED) is 0.328. The van der Waals surface area contributed by atoms with Gasteiger partial charge < -0.3 is 0 Å². The SMILES string of the molecule is CCCCCCCCCCCCC(=O)NI. The highest BCUT2D eigenvalue weighted by atomic mass is 127. The molecule has 0 rings (SSSR count). The van der Waals surface area contributed by atoms with Crippen LogP contribution in [0.4, 0.5) is 0 Å². The topological polar surface area (TPSA) is 29.1 Å². The molecule has 0 heterocycles. The molecule has 3 heteroatoms. The van der Waals surface area contributed by atoms with Crippen molar-refractivity contribution < 1.29 is 4.79 Å². The second kappa shape index (κ2) is 13.3. The number of hydrogen-bond donors (Lipinski definition) is 1. The van der Waals surface area contributed by atoms with Crippen molar-refractivity contribution in [3.05, 3.63) is 0 Å². The van der Waals surface area contributed by atoms with E-state index in [9.17, 15) is 4.79 Å². The molecule has 0 aliphatic heterocycles. The van der Waals surface area contributed by atoms with Crippen molar-refractivity contribution in [3.8, 4) is 0 Å². The lowest BCUT2D eigenvalue weighted by Crippen LogP contribution is -2.10. The van der Waals surface area contributed by atoms with Gasteiger partial charge in [0.2, 0.25) is 5.91 Å². The minimum atomic E-state index is 0.167. The van der Waals surface area contributed by atoms with E-state index in [1.165, 1.54) is 57.8 Å². The molecule has 0 unspecified atom stereocenters. The lowest BCUT2D eigenvalue weighted by Gasteiger charge is -2.01. The molecule has 96 valence electrons. The lowest BCUT2D eigenvalue weighted by atomic mass is 10.1. The number of carbonyl (C=O) groups is 1. The highest BCUT2D eigenvalue weighted by molar-refractivity contribution is 14.1. The first-order valence-electron chi connectivity index (χ1n) is 6.70. The average molecular weight is 339 g/mol. The van der Waals surface area contributed by atoms with Crippen molar-refractivity contribution in [2.24, 2.45) is 0 Å². The van der Waals surface area contributed by atoms with Crippen LogP contribution < -0.4 is 3.53 Å². The molecular formula is C13H26INO. The number of amides is 1. The summed E-state index contributed by atoms with van der Waals surface area (Å²) in [4.78, 5) is 10.9. The smallest absolute Gasteiger partial charge is 0.228 e. The minimum absolute atomic E-state index is 0.167. The Kier molecular flexibility index (Phi) is 13.4. The summed E-state index contributed by atoms with van der Waals surface area (Å²) < 4.78 is 2.63. The van der Waals surface area contributed by atoms with Gasteiger partial charge in [-0.25, -0.2) is 0 Å². The first-order chi connectivity index (χ1) is 7.81. The van der Waals surface area contributed by atoms with Crippen LogP contribution in [-0.4, -0.2) is 5.91 Å². The Labute approximate surface area is 114 Å². The monoisotopic (exact) mass is 339 g/mol. The van der Waals surface area contributed by atoms with Gasteiger partial charge in [0.1, 0.15) is 0 Å². The van der Waals surface area contributed by atoms with Gasteiger partial charge in [-0.3, -0.25) is 8.32 Å². The van der Waals surface area contributed by atoms with Gasteiger partial charge in [-0.15, -0.1) is 0 Å². The zero-order valence-electron chi connectivity index (χ0n) is 10.6. The molecule has 1 N–H and O–H groups in total. The third-order valence-corrected chi connectivity index (χ3v) is 3.46. The van der Waals surface area contributed by atoms with Crippen molar-refractivity contribution in [2.45, 2.75) is 77.6 Å². The zero-order chi connectivity index (χ0) is 12.1. The van der Waals surface area contributed by atoms with Crippen LogP contribution >= 0.6 is 22.9 Å². The van der Waals surface area contributed by atoms with Crippen LogP contribution in [0.2, 0.25) is 0 Å². The van der Waals surface area contributed by atoms with Crippen LogP contribution in [0.15, 0.2) is 0 Å². The average Bonchev–Trinajstić information content (AvgIpc) is 2.31. The molecule has 0 aliphatic carbocycles.